The number of hydrogen-bond acceptors (Lipinski definition) is 4. The number of amides is 2. The quantitative estimate of drug-likeness (QED) is 0.496. The molecule has 0 unspecified atom stereocenters. The van der Waals surface area contributed by atoms with Crippen molar-refractivity contribution in [1.82, 2.24) is 4.90 Å². The highest BCUT2D eigenvalue weighted by atomic mass is 16.5. The molecule has 1 N–H and O–H groups in total. The molecule has 0 heterocycles. The second kappa shape index (κ2) is 7.76. The van der Waals surface area contributed by atoms with Gasteiger partial charge in [0, 0.05) is 19.7 Å². The molecule has 0 aromatic heterocycles. The summed E-state index contributed by atoms with van der Waals surface area (Å²) < 4.78 is 5.17. The lowest BCUT2D eigenvalue weighted by Gasteiger charge is -2.27. The van der Waals surface area contributed by atoms with E-state index in [1.165, 1.54) is 11.8 Å². The number of hydrogen-bond donors (Lipinski definition) is 1. The second-order valence-electron chi connectivity index (χ2n) is 5.98. The van der Waals surface area contributed by atoms with Gasteiger partial charge in [-0.3, -0.25) is 14.4 Å². The molecule has 0 aliphatic heterocycles. The van der Waals surface area contributed by atoms with E-state index in [1.54, 1.807) is 33.0 Å². The van der Waals surface area contributed by atoms with E-state index in [9.17, 15) is 14.4 Å². The fraction of sp³-hybridized carbons (Fsp3) is 0.471. The van der Waals surface area contributed by atoms with Gasteiger partial charge in [-0.25, -0.2) is 0 Å². The lowest BCUT2D eigenvalue weighted by atomic mass is 10.0. The van der Waals surface area contributed by atoms with Crippen LogP contribution in [0.5, 0.6) is 5.75 Å². The van der Waals surface area contributed by atoms with E-state index in [2.05, 4.69) is 5.32 Å². The summed E-state index contributed by atoms with van der Waals surface area (Å²) in [5.41, 5.74) is 2.10. The fourth-order valence-corrected chi connectivity index (χ4v) is 2.57. The van der Waals surface area contributed by atoms with Gasteiger partial charge >= 0.3 is 5.97 Å². The van der Waals surface area contributed by atoms with Crippen LogP contribution in [0.2, 0.25) is 0 Å². The number of aryl methyl sites for hydroxylation is 2. The predicted octanol–water partition coefficient (Wildman–Crippen LogP) is 2.28. The molecule has 126 valence electrons. The average Bonchev–Trinajstić information content (AvgIpc) is 2.42. The Kier molecular flexibility index (Phi) is 6.30. The van der Waals surface area contributed by atoms with Crippen LogP contribution in [-0.4, -0.2) is 36.3 Å². The smallest absolute Gasteiger partial charge is 0.308 e. The third-order valence-electron chi connectivity index (χ3n) is 3.48. The van der Waals surface area contributed by atoms with Crippen molar-refractivity contribution >= 4 is 24.0 Å². The maximum Gasteiger partial charge on any atom is 0.308 e. The highest BCUT2D eigenvalue weighted by Crippen LogP contribution is 2.27. The van der Waals surface area contributed by atoms with Crippen molar-refractivity contribution in [2.24, 2.45) is 5.92 Å². The molecule has 1 atom stereocenters. The van der Waals surface area contributed by atoms with Crippen LogP contribution in [0.1, 0.15) is 31.9 Å². The maximum absolute atomic E-state index is 12.4. The van der Waals surface area contributed by atoms with E-state index in [0.29, 0.717) is 17.8 Å². The number of ether oxygens (including phenoxy) is 1. The Morgan fingerprint density at radius 2 is 1.74 bits per heavy atom. The topological polar surface area (TPSA) is 75.7 Å². The van der Waals surface area contributed by atoms with Crippen molar-refractivity contribution in [3.63, 3.8) is 0 Å². The first kappa shape index (κ1) is 18.7. The van der Waals surface area contributed by atoms with Crippen LogP contribution in [0.25, 0.3) is 0 Å². The molecule has 1 aromatic carbocycles. The molecule has 0 saturated carbocycles. The summed E-state index contributed by atoms with van der Waals surface area (Å²) in [4.78, 5) is 35.9. The van der Waals surface area contributed by atoms with Crippen LogP contribution in [0, 0.1) is 19.8 Å². The molecule has 1 aromatic rings. The molecule has 0 spiro atoms. The van der Waals surface area contributed by atoms with Gasteiger partial charge in [-0.15, -0.1) is 0 Å². The molecule has 0 aliphatic rings. The zero-order valence-corrected chi connectivity index (χ0v) is 14.5. The summed E-state index contributed by atoms with van der Waals surface area (Å²) in [5.74, 6) is -0.164. The molecular formula is C17H24N2O4. The first-order valence-electron chi connectivity index (χ1n) is 7.45. The zero-order valence-electron chi connectivity index (χ0n) is 14.5. The summed E-state index contributed by atoms with van der Waals surface area (Å²) in [7, 11) is 1.58. The van der Waals surface area contributed by atoms with Gasteiger partial charge in [-0.05, 0) is 43.0 Å². The van der Waals surface area contributed by atoms with Gasteiger partial charge in [0.2, 0.25) is 12.3 Å². The summed E-state index contributed by atoms with van der Waals surface area (Å²) in [6.45, 7) is 8.71. The van der Waals surface area contributed by atoms with E-state index in [4.69, 9.17) is 4.74 Å². The summed E-state index contributed by atoms with van der Waals surface area (Å²) in [5, 5.41) is 2.82. The fourth-order valence-electron chi connectivity index (χ4n) is 2.57. The third kappa shape index (κ3) is 4.81. The van der Waals surface area contributed by atoms with Crippen molar-refractivity contribution in [2.45, 2.75) is 40.7 Å². The van der Waals surface area contributed by atoms with Gasteiger partial charge in [-0.2, -0.15) is 0 Å². The number of likely N-dealkylation sites (N-methyl/N-ethyl adjacent to an activating group) is 1. The average molecular weight is 320 g/mol. The molecule has 0 radical (unpaired) electrons. The Morgan fingerprint density at radius 3 is 2.13 bits per heavy atom. The lowest BCUT2D eigenvalue weighted by molar-refractivity contribution is -0.132. The van der Waals surface area contributed by atoms with Gasteiger partial charge in [0.15, 0.2) is 0 Å². The zero-order chi connectivity index (χ0) is 17.7. The molecule has 0 fully saturated rings. The van der Waals surface area contributed by atoms with Crippen LogP contribution in [0.3, 0.4) is 0 Å². The van der Waals surface area contributed by atoms with E-state index in [0.717, 1.165) is 11.1 Å². The molecule has 0 bridgehead atoms. The molecule has 0 aliphatic carbocycles. The molecule has 6 nitrogen and oxygen atoms in total. The Labute approximate surface area is 136 Å². The third-order valence-corrected chi connectivity index (χ3v) is 3.48. The van der Waals surface area contributed by atoms with Crippen LogP contribution >= 0.6 is 0 Å². The van der Waals surface area contributed by atoms with Crippen molar-refractivity contribution in [3.8, 4) is 5.75 Å². The second-order valence-corrected chi connectivity index (χ2v) is 5.98. The Balaban J connectivity index is 3.02. The van der Waals surface area contributed by atoms with Gasteiger partial charge in [-0.1, -0.05) is 13.8 Å². The Hall–Kier alpha value is -2.37. The van der Waals surface area contributed by atoms with E-state index >= 15 is 0 Å². The number of carbonyl (C=O) groups is 3. The number of carbonyl (C=O) groups excluding carboxylic acids is 3. The number of esters is 1. The molecule has 23 heavy (non-hydrogen) atoms. The minimum absolute atomic E-state index is 0.0206. The SMILES string of the molecule is CC(=O)Oc1c(C)cc(NC(=O)[C@H](C(C)C)N(C)C=O)cc1C. The number of benzene rings is 1. The minimum atomic E-state index is -0.554. The first-order chi connectivity index (χ1) is 10.7. The van der Waals surface area contributed by atoms with Crippen LogP contribution < -0.4 is 10.1 Å². The normalized spacial score (nSPS) is 11.8. The predicted molar refractivity (Wildman–Crippen MR) is 88.3 cm³/mol. The summed E-state index contributed by atoms with van der Waals surface area (Å²) in [6.07, 6.45) is 0.643. The van der Waals surface area contributed by atoms with Crippen molar-refractivity contribution in [2.75, 3.05) is 12.4 Å². The number of rotatable bonds is 6. The van der Waals surface area contributed by atoms with E-state index in [-0.39, 0.29) is 17.8 Å². The first-order valence-corrected chi connectivity index (χ1v) is 7.45. The van der Waals surface area contributed by atoms with Gasteiger partial charge in [0.25, 0.3) is 0 Å². The van der Waals surface area contributed by atoms with Crippen molar-refractivity contribution in [1.29, 1.82) is 0 Å². The minimum Gasteiger partial charge on any atom is -0.426 e. The Bertz CT molecular complexity index is 588. The number of nitrogens with one attached hydrogen (secondary N) is 1. The molecular weight excluding hydrogens is 296 g/mol. The maximum atomic E-state index is 12.4. The molecule has 6 heteroatoms. The monoisotopic (exact) mass is 320 g/mol. The van der Waals surface area contributed by atoms with Gasteiger partial charge in [0.1, 0.15) is 11.8 Å². The van der Waals surface area contributed by atoms with Crippen molar-refractivity contribution in [3.05, 3.63) is 23.3 Å². The van der Waals surface area contributed by atoms with E-state index in [1.807, 2.05) is 13.8 Å². The highest BCUT2D eigenvalue weighted by molar-refractivity contribution is 5.96. The molecule has 1 rings (SSSR count). The van der Waals surface area contributed by atoms with Crippen LogP contribution in [0.4, 0.5) is 5.69 Å². The Morgan fingerprint density at radius 1 is 1.22 bits per heavy atom. The molecule has 2 amide bonds. The number of nitrogens with zero attached hydrogens (tertiary/aromatic N) is 1. The lowest BCUT2D eigenvalue weighted by Crippen LogP contribution is -2.44. The molecule has 0 saturated heterocycles. The standard InChI is InChI=1S/C17H24N2O4/c1-10(2)15(19(6)9-20)17(22)18-14-7-11(3)16(12(4)8-14)23-13(5)21/h7-10,15H,1-6H3,(H,18,22)/t15-/m0/s1. The largest absolute Gasteiger partial charge is 0.426 e. The van der Waals surface area contributed by atoms with Gasteiger partial charge in [0.05, 0.1) is 0 Å². The van der Waals surface area contributed by atoms with Crippen molar-refractivity contribution < 1.29 is 19.1 Å². The number of anilines is 1. The highest BCUT2D eigenvalue weighted by Gasteiger charge is 2.26. The van der Waals surface area contributed by atoms with Crippen LogP contribution in [0.15, 0.2) is 12.1 Å². The van der Waals surface area contributed by atoms with E-state index < -0.39 is 6.04 Å². The summed E-state index contributed by atoms with van der Waals surface area (Å²) >= 11 is 0. The van der Waals surface area contributed by atoms with Gasteiger partial charge < -0.3 is 15.0 Å². The van der Waals surface area contributed by atoms with Crippen LogP contribution in [-0.2, 0) is 14.4 Å². The summed E-state index contributed by atoms with van der Waals surface area (Å²) in [6, 6.07) is 2.92.